The molecular formula is C8H14N4O. The zero-order valence-corrected chi connectivity index (χ0v) is 7.71. The van der Waals surface area contributed by atoms with E-state index >= 15 is 0 Å². The molecule has 72 valence electrons. The maximum absolute atomic E-state index is 5.46. The fraction of sp³-hybridized carbons (Fsp3) is 0.750. The topological polar surface area (TPSA) is 76.8 Å². The van der Waals surface area contributed by atoms with E-state index < -0.39 is 0 Å². The smallest absolute Gasteiger partial charge is 0.239 e. The second-order valence-electron chi connectivity index (χ2n) is 3.56. The Morgan fingerprint density at radius 2 is 2.38 bits per heavy atom. The molecule has 13 heavy (non-hydrogen) atoms. The lowest BCUT2D eigenvalue weighted by atomic mass is 9.77. The van der Waals surface area contributed by atoms with Crippen LogP contribution in [0.15, 0.2) is 0 Å². The first-order chi connectivity index (χ1) is 6.24. The molecule has 1 fully saturated rings. The van der Waals surface area contributed by atoms with Crippen molar-refractivity contribution in [1.29, 1.82) is 0 Å². The van der Waals surface area contributed by atoms with Gasteiger partial charge in [-0.1, -0.05) is 0 Å². The highest BCUT2D eigenvalue weighted by molar-refractivity contribution is 5.14. The summed E-state index contributed by atoms with van der Waals surface area (Å²) >= 11 is 0. The van der Waals surface area contributed by atoms with Crippen molar-refractivity contribution in [3.63, 3.8) is 0 Å². The molecule has 1 aromatic rings. The number of nitrogens with zero attached hydrogens (tertiary/aromatic N) is 2. The van der Waals surface area contributed by atoms with Crippen molar-refractivity contribution in [3.05, 3.63) is 5.82 Å². The number of methoxy groups -OCH3 is 1. The molecule has 1 saturated carbocycles. The van der Waals surface area contributed by atoms with Gasteiger partial charge in [0.05, 0.1) is 5.60 Å². The van der Waals surface area contributed by atoms with Crippen molar-refractivity contribution in [3.8, 4) is 0 Å². The summed E-state index contributed by atoms with van der Waals surface area (Å²) in [4.78, 5) is 4.06. The number of anilines is 1. The predicted octanol–water partition coefficient (Wildman–Crippen LogP) is 0.498. The third-order valence-corrected chi connectivity index (χ3v) is 2.74. The van der Waals surface area contributed by atoms with E-state index in [-0.39, 0.29) is 5.60 Å². The van der Waals surface area contributed by atoms with E-state index in [2.05, 4.69) is 15.2 Å². The minimum atomic E-state index is -0.00796. The predicted molar refractivity (Wildman–Crippen MR) is 48.1 cm³/mol. The van der Waals surface area contributed by atoms with Gasteiger partial charge in [0.15, 0.2) is 0 Å². The lowest BCUT2D eigenvalue weighted by molar-refractivity contribution is -0.0720. The van der Waals surface area contributed by atoms with E-state index in [1.807, 2.05) is 0 Å². The highest BCUT2D eigenvalue weighted by Gasteiger charge is 2.37. The van der Waals surface area contributed by atoms with Gasteiger partial charge in [0, 0.05) is 13.5 Å². The van der Waals surface area contributed by atoms with Crippen molar-refractivity contribution in [2.75, 3.05) is 12.8 Å². The van der Waals surface area contributed by atoms with Crippen LogP contribution in [0.4, 0.5) is 5.95 Å². The van der Waals surface area contributed by atoms with E-state index in [1.165, 1.54) is 6.42 Å². The Labute approximate surface area is 76.7 Å². The number of nitrogens with two attached hydrogens (primary N) is 1. The van der Waals surface area contributed by atoms with Crippen LogP contribution in [0.5, 0.6) is 0 Å². The van der Waals surface area contributed by atoms with Crippen LogP contribution in [0, 0.1) is 0 Å². The Morgan fingerprint density at radius 3 is 2.77 bits per heavy atom. The molecule has 0 aliphatic heterocycles. The number of hydrogen-bond acceptors (Lipinski definition) is 4. The summed E-state index contributed by atoms with van der Waals surface area (Å²) in [6, 6.07) is 0. The lowest BCUT2D eigenvalue weighted by Gasteiger charge is -2.39. The molecule has 1 aliphatic rings. The molecular weight excluding hydrogens is 168 g/mol. The first-order valence-electron chi connectivity index (χ1n) is 4.46. The van der Waals surface area contributed by atoms with Crippen LogP contribution < -0.4 is 5.73 Å². The highest BCUT2D eigenvalue weighted by atomic mass is 16.5. The average Bonchev–Trinajstić information content (AvgIpc) is 2.44. The van der Waals surface area contributed by atoms with Crippen molar-refractivity contribution in [1.82, 2.24) is 15.2 Å². The monoisotopic (exact) mass is 182 g/mol. The number of nitrogens with one attached hydrogen (secondary N) is 1. The van der Waals surface area contributed by atoms with Crippen molar-refractivity contribution < 1.29 is 4.74 Å². The molecule has 0 radical (unpaired) electrons. The Kier molecular flexibility index (Phi) is 1.95. The maximum atomic E-state index is 5.46. The summed E-state index contributed by atoms with van der Waals surface area (Å²) < 4.78 is 5.46. The summed E-state index contributed by atoms with van der Waals surface area (Å²) in [6.45, 7) is 0. The number of ether oxygens (including phenoxy) is 1. The number of rotatable bonds is 3. The molecule has 0 bridgehead atoms. The molecule has 0 saturated heterocycles. The van der Waals surface area contributed by atoms with Gasteiger partial charge in [-0.2, -0.15) is 4.98 Å². The van der Waals surface area contributed by atoms with E-state index in [0.717, 1.165) is 25.1 Å². The molecule has 5 heteroatoms. The molecule has 1 heterocycles. The number of H-pyrrole nitrogens is 1. The Morgan fingerprint density at radius 1 is 1.62 bits per heavy atom. The molecule has 0 unspecified atom stereocenters. The number of hydrogen-bond donors (Lipinski definition) is 2. The van der Waals surface area contributed by atoms with Gasteiger partial charge in [-0.05, 0) is 19.3 Å². The molecule has 1 aliphatic carbocycles. The van der Waals surface area contributed by atoms with Crippen LogP contribution in [0.2, 0.25) is 0 Å². The van der Waals surface area contributed by atoms with Gasteiger partial charge in [0.1, 0.15) is 5.82 Å². The van der Waals surface area contributed by atoms with Gasteiger partial charge in [0.2, 0.25) is 5.95 Å². The molecule has 2 rings (SSSR count). The highest BCUT2D eigenvalue weighted by Crippen LogP contribution is 2.37. The van der Waals surface area contributed by atoms with Crippen LogP contribution >= 0.6 is 0 Å². The zero-order chi connectivity index (χ0) is 9.31. The molecule has 1 aromatic heterocycles. The van der Waals surface area contributed by atoms with Crippen molar-refractivity contribution in [2.24, 2.45) is 0 Å². The van der Waals surface area contributed by atoms with Crippen LogP contribution in [0.3, 0.4) is 0 Å². The van der Waals surface area contributed by atoms with Gasteiger partial charge < -0.3 is 10.5 Å². The quantitative estimate of drug-likeness (QED) is 0.713. The van der Waals surface area contributed by atoms with Gasteiger partial charge in [-0.25, -0.2) is 0 Å². The minimum absolute atomic E-state index is 0.00796. The van der Waals surface area contributed by atoms with Crippen LogP contribution in [0.1, 0.15) is 25.1 Å². The second-order valence-corrected chi connectivity index (χ2v) is 3.56. The number of nitrogen functional groups attached to an aromatic ring is 1. The summed E-state index contributed by atoms with van der Waals surface area (Å²) in [5.74, 6) is 1.12. The van der Waals surface area contributed by atoms with E-state index in [9.17, 15) is 0 Å². The molecule has 3 N–H and O–H groups in total. The minimum Gasteiger partial charge on any atom is -0.378 e. The standard InChI is InChI=1S/C8H14N4O/c1-13-8(3-2-4-8)5-6-10-7(9)12-11-6/h2-5H2,1H3,(H3,9,10,11,12). The van der Waals surface area contributed by atoms with E-state index in [1.54, 1.807) is 7.11 Å². The zero-order valence-electron chi connectivity index (χ0n) is 7.71. The molecule has 0 spiro atoms. The number of aromatic amines is 1. The third-order valence-electron chi connectivity index (χ3n) is 2.74. The van der Waals surface area contributed by atoms with E-state index in [0.29, 0.717) is 5.95 Å². The fourth-order valence-electron chi connectivity index (χ4n) is 1.72. The van der Waals surface area contributed by atoms with Gasteiger partial charge >= 0.3 is 0 Å². The summed E-state index contributed by atoms with van der Waals surface area (Å²) in [5.41, 5.74) is 5.40. The number of aromatic nitrogens is 3. The Balaban J connectivity index is 2.04. The first kappa shape index (κ1) is 8.50. The summed E-state index contributed by atoms with van der Waals surface area (Å²) in [7, 11) is 1.75. The van der Waals surface area contributed by atoms with Crippen molar-refractivity contribution in [2.45, 2.75) is 31.3 Å². The SMILES string of the molecule is COC1(Cc2nc(N)n[nH]2)CCC1. The maximum Gasteiger partial charge on any atom is 0.239 e. The van der Waals surface area contributed by atoms with Crippen LogP contribution in [-0.2, 0) is 11.2 Å². The van der Waals surface area contributed by atoms with Gasteiger partial charge in [-0.15, -0.1) is 5.10 Å². The van der Waals surface area contributed by atoms with Gasteiger partial charge in [-0.3, -0.25) is 5.10 Å². The van der Waals surface area contributed by atoms with Crippen LogP contribution in [-0.4, -0.2) is 27.9 Å². The lowest BCUT2D eigenvalue weighted by Crippen LogP contribution is -2.41. The Bertz CT molecular complexity index is 287. The molecule has 5 nitrogen and oxygen atoms in total. The first-order valence-corrected chi connectivity index (χ1v) is 4.46. The summed E-state index contributed by atoms with van der Waals surface area (Å²) in [5, 5.41) is 6.58. The Hall–Kier alpha value is -1.10. The average molecular weight is 182 g/mol. The molecule has 0 aromatic carbocycles. The summed E-state index contributed by atoms with van der Waals surface area (Å²) in [6.07, 6.45) is 4.22. The van der Waals surface area contributed by atoms with Crippen LogP contribution in [0.25, 0.3) is 0 Å². The second kappa shape index (κ2) is 2.99. The van der Waals surface area contributed by atoms with Gasteiger partial charge in [0.25, 0.3) is 0 Å². The normalized spacial score (nSPS) is 19.8. The fourth-order valence-corrected chi connectivity index (χ4v) is 1.72. The van der Waals surface area contributed by atoms with E-state index in [4.69, 9.17) is 10.5 Å². The van der Waals surface area contributed by atoms with Crippen molar-refractivity contribution >= 4 is 5.95 Å². The molecule has 0 atom stereocenters. The molecule has 0 amide bonds. The largest absolute Gasteiger partial charge is 0.378 e. The third kappa shape index (κ3) is 1.51.